The molecular weight excluding hydrogens is 949 g/mol. The van der Waals surface area contributed by atoms with Crippen molar-refractivity contribution in [2.75, 3.05) is 62.3 Å². The summed E-state index contributed by atoms with van der Waals surface area (Å²) < 4.78 is 26.2. The van der Waals surface area contributed by atoms with E-state index in [4.69, 9.17) is 18.9 Å². The van der Waals surface area contributed by atoms with Crippen LogP contribution in [0.3, 0.4) is 0 Å². The SMILES string of the molecule is CCN(CC)CC#CCCCCC1(C2(OC(=O)C(=O)OC3(C4(CCCCC#CCN(CC)CC)SCCCS4)c4ccccc4Oc4ccccc43)c3ccccc3Oc3ccccc32)SCCCS1. The summed E-state index contributed by atoms with van der Waals surface area (Å²) >= 11 is 7.33. The lowest BCUT2D eigenvalue weighted by molar-refractivity contribution is -0.185. The Morgan fingerprint density at radius 1 is 0.486 bits per heavy atom. The first kappa shape index (κ1) is 52.2. The van der Waals surface area contributed by atoms with Gasteiger partial charge in [0.2, 0.25) is 0 Å². The summed E-state index contributed by atoms with van der Waals surface area (Å²) in [4.78, 5) is 35.9. The van der Waals surface area contributed by atoms with E-state index >= 15 is 9.59 Å². The summed E-state index contributed by atoms with van der Waals surface area (Å²) in [6.45, 7) is 14.1. The fraction of sp³-hybridized carbons (Fsp3) is 0.483. The quantitative estimate of drug-likeness (QED) is 0.0412. The molecule has 2 fully saturated rings. The molecule has 0 aliphatic carbocycles. The van der Waals surface area contributed by atoms with Gasteiger partial charge in [-0.05, 0) is 112 Å². The Balaban J connectivity index is 1.19. The average Bonchev–Trinajstić information content (AvgIpc) is 3.40. The minimum Gasteiger partial charge on any atom is -0.456 e. The van der Waals surface area contributed by atoms with Gasteiger partial charge in [-0.1, -0.05) is 125 Å². The monoisotopic (exact) mass is 1020 g/mol. The van der Waals surface area contributed by atoms with E-state index in [1.165, 1.54) is 0 Å². The van der Waals surface area contributed by atoms with Crippen molar-refractivity contribution in [2.45, 2.75) is 111 Å². The molecule has 0 unspecified atom stereocenters. The molecule has 4 aliphatic heterocycles. The van der Waals surface area contributed by atoms with Crippen molar-refractivity contribution in [3.63, 3.8) is 0 Å². The van der Waals surface area contributed by atoms with E-state index in [2.05, 4.69) is 61.2 Å². The molecule has 8 nitrogen and oxygen atoms in total. The Kier molecular flexibility index (Phi) is 18.3. The number of carbonyl (C=O) groups is 2. The van der Waals surface area contributed by atoms with Gasteiger partial charge in [0.15, 0.2) is 11.2 Å². The highest BCUT2D eigenvalue weighted by atomic mass is 32.2. The van der Waals surface area contributed by atoms with Crippen molar-refractivity contribution >= 4 is 59.0 Å². The van der Waals surface area contributed by atoms with Gasteiger partial charge < -0.3 is 18.9 Å². The second-order valence-electron chi connectivity index (χ2n) is 18.0. The molecule has 4 aromatic rings. The molecule has 12 heteroatoms. The van der Waals surface area contributed by atoms with Crippen molar-refractivity contribution < 1.29 is 28.5 Å². The van der Waals surface area contributed by atoms with E-state index in [0.29, 0.717) is 35.8 Å². The minimum atomic E-state index is -1.42. The molecule has 0 spiro atoms. The Hall–Kier alpha value is -4.14. The number of para-hydroxylation sites is 4. The zero-order chi connectivity index (χ0) is 48.9. The molecule has 370 valence electrons. The van der Waals surface area contributed by atoms with Crippen molar-refractivity contribution in [1.82, 2.24) is 9.80 Å². The van der Waals surface area contributed by atoms with Gasteiger partial charge in [0.25, 0.3) is 0 Å². The van der Waals surface area contributed by atoms with Gasteiger partial charge in [0, 0.05) is 35.1 Å². The predicted molar refractivity (Wildman–Crippen MR) is 292 cm³/mol. The number of hydrogen-bond donors (Lipinski definition) is 0. The van der Waals surface area contributed by atoms with E-state index in [9.17, 15) is 0 Å². The lowest BCUT2D eigenvalue weighted by Crippen LogP contribution is -2.56. The van der Waals surface area contributed by atoms with Crippen LogP contribution >= 0.6 is 47.0 Å². The Morgan fingerprint density at radius 2 is 0.800 bits per heavy atom. The van der Waals surface area contributed by atoms with Gasteiger partial charge in [0.1, 0.15) is 31.2 Å². The van der Waals surface area contributed by atoms with Gasteiger partial charge in [-0.15, -0.1) is 58.9 Å². The summed E-state index contributed by atoms with van der Waals surface area (Å²) in [6.07, 6.45) is 8.50. The molecule has 70 heavy (non-hydrogen) atoms. The van der Waals surface area contributed by atoms with E-state index in [1.54, 1.807) is 0 Å². The number of thioether (sulfide) groups is 4. The Labute approximate surface area is 434 Å². The van der Waals surface area contributed by atoms with Crippen LogP contribution in [0, 0.1) is 23.7 Å². The largest absolute Gasteiger partial charge is 0.456 e. The summed E-state index contributed by atoms with van der Waals surface area (Å²) in [5, 5.41) is 0. The van der Waals surface area contributed by atoms with Crippen molar-refractivity contribution in [1.29, 1.82) is 0 Å². The highest BCUT2D eigenvalue weighted by molar-refractivity contribution is 8.19. The number of unbranched alkanes of at least 4 members (excludes halogenated alkanes) is 4. The number of rotatable bonds is 18. The number of hydrogen-bond acceptors (Lipinski definition) is 12. The molecule has 0 amide bonds. The third-order valence-electron chi connectivity index (χ3n) is 13.9. The first-order valence-electron chi connectivity index (χ1n) is 25.4. The molecule has 4 heterocycles. The van der Waals surface area contributed by atoms with Crippen LogP contribution < -0.4 is 9.47 Å². The molecule has 0 bridgehead atoms. The minimum absolute atomic E-state index is 0.603. The molecule has 2 saturated heterocycles. The van der Waals surface area contributed by atoms with Crippen LogP contribution in [0.4, 0.5) is 0 Å². The zero-order valence-electron chi connectivity index (χ0n) is 41.4. The lowest BCUT2D eigenvalue weighted by Gasteiger charge is -2.53. The maximum absolute atomic E-state index is 15.6. The van der Waals surface area contributed by atoms with Crippen LogP contribution in [0.5, 0.6) is 23.0 Å². The first-order valence-corrected chi connectivity index (χ1v) is 29.4. The zero-order valence-corrected chi connectivity index (χ0v) is 44.6. The third-order valence-corrected chi connectivity index (χ3v) is 21.1. The Morgan fingerprint density at radius 3 is 1.11 bits per heavy atom. The fourth-order valence-electron chi connectivity index (χ4n) is 10.2. The van der Waals surface area contributed by atoms with Crippen LogP contribution in [-0.2, 0) is 30.3 Å². The summed E-state index contributed by atoms with van der Waals surface area (Å²) in [5.41, 5.74) is 0.0556. The predicted octanol–water partition coefficient (Wildman–Crippen LogP) is 13.1. The van der Waals surface area contributed by atoms with Crippen molar-refractivity contribution in [2.24, 2.45) is 0 Å². The third kappa shape index (κ3) is 10.7. The Bertz CT molecular complexity index is 2280. The van der Waals surface area contributed by atoms with Gasteiger partial charge in [-0.25, -0.2) is 9.59 Å². The topological polar surface area (TPSA) is 77.5 Å². The molecule has 4 aliphatic rings. The van der Waals surface area contributed by atoms with Gasteiger partial charge in [-0.3, -0.25) is 9.80 Å². The first-order chi connectivity index (χ1) is 34.3. The van der Waals surface area contributed by atoms with Crippen LogP contribution in [0.25, 0.3) is 0 Å². The molecule has 0 saturated carbocycles. The average molecular weight is 1020 g/mol. The van der Waals surface area contributed by atoms with Gasteiger partial charge in [0.05, 0.1) is 13.1 Å². The van der Waals surface area contributed by atoms with E-state index < -0.39 is 31.3 Å². The molecule has 0 aromatic heterocycles. The molecule has 0 N–H and O–H groups in total. The number of ether oxygens (including phenoxy) is 4. The highest BCUT2D eigenvalue weighted by Gasteiger charge is 2.65. The van der Waals surface area contributed by atoms with Crippen LogP contribution in [0.15, 0.2) is 97.1 Å². The maximum atomic E-state index is 15.6. The highest BCUT2D eigenvalue weighted by Crippen LogP contribution is 2.67. The van der Waals surface area contributed by atoms with Crippen molar-refractivity contribution in [3.05, 3.63) is 119 Å². The van der Waals surface area contributed by atoms with Crippen LogP contribution in [0.1, 0.15) is 114 Å². The molecular formula is C58H68N2O6S4. The second-order valence-corrected chi connectivity index (χ2v) is 24.1. The molecule has 8 rings (SSSR count). The summed E-state index contributed by atoms with van der Waals surface area (Å²) in [5.74, 6) is 17.5. The smallest absolute Gasteiger partial charge is 0.418 e. The second kappa shape index (κ2) is 24.5. The maximum Gasteiger partial charge on any atom is 0.418 e. The van der Waals surface area contributed by atoms with E-state index in [0.717, 1.165) is 136 Å². The van der Waals surface area contributed by atoms with E-state index in [1.807, 2.05) is 144 Å². The standard InChI is InChI=1S/C58H68N2O6S4/c1-5-59(6-2)39-25-13-9-11-23-37-55(67-41-27-42-68-55)57(45-29-15-19-33-49(45)63-50-34-20-16-30-46(50)57)65-53(61)54(62)66-58(47-31-17-21-35-51(47)64-52-36-22-18-32-48(52)58)56(69-43-28-44-70-56)38-24-12-10-14-26-40-60(7-3)8-4/h15-22,29-36H,5-12,23-24,27-28,37-44H2,1-4H3. The van der Waals surface area contributed by atoms with Gasteiger partial charge in [-0.2, -0.15) is 0 Å². The number of carbonyl (C=O) groups excluding carboxylic acids is 2. The van der Waals surface area contributed by atoms with Crippen LogP contribution in [-0.4, -0.2) is 92.2 Å². The normalized spacial score (nSPS) is 17.6. The molecule has 0 radical (unpaired) electrons. The summed E-state index contributed by atoms with van der Waals surface area (Å²) in [7, 11) is 0. The van der Waals surface area contributed by atoms with Gasteiger partial charge >= 0.3 is 11.9 Å². The molecule has 4 aromatic carbocycles. The van der Waals surface area contributed by atoms with Crippen molar-refractivity contribution in [3.8, 4) is 46.7 Å². The summed E-state index contributed by atoms with van der Waals surface area (Å²) in [6, 6.07) is 31.4. The lowest BCUT2D eigenvalue weighted by atomic mass is 9.78. The van der Waals surface area contributed by atoms with Crippen LogP contribution in [0.2, 0.25) is 0 Å². The number of fused-ring (bicyclic) bond motifs is 4. The fourth-order valence-corrected chi connectivity index (χ4v) is 17.7. The van der Waals surface area contributed by atoms with E-state index in [-0.39, 0.29) is 0 Å². The number of esters is 2. The molecule has 0 atom stereocenters. The number of benzene rings is 4. The number of nitrogens with zero attached hydrogens (tertiary/aromatic N) is 2.